The molecular weight excluding hydrogens is 330 g/mol. The van der Waals surface area contributed by atoms with Crippen molar-refractivity contribution in [1.29, 1.82) is 0 Å². The number of carbonyl (C=O) groups is 1. The third-order valence-electron chi connectivity index (χ3n) is 3.67. The molecule has 0 unspecified atom stereocenters. The number of hydrogen-bond acceptors (Lipinski definition) is 6. The average molecular weight is 344 g/mol. The van der Waals surface area contributed by atoms with Gasteiger partial charge >= 0.3 is 5.97 Å². The number of aliphatic hydroxyl groups is 3. The van der Waals surface area contributed by atoms with Crippen molar-refractivity contribution in [3.63, 3.8) is 0 Å². The van der Waals surface area contributed by atoms with Crippen LogP contribution in [-0.4, -0.2) is 62.1 Å². The second kappa shape index (κ2) is 5.99. The molecule has 2 heterocycles. The highest BCUT2D eigenvalue weighted by atomic mass is 35.5. The van der Waals surface area contributed by atoms with Crippen molar-refractivity contribution in [1.82, 2.24) is 4.98 Å². The number of aliphatic hydroxyl groups excluding tert-OH is 3. The fourth-order valence-corrected chi connectivity index (χ4v) is 2.75. The van der Waals surface area contributed by atoms with Crippen molar-refractivity contribution in [2.75, 3.05) is 0 Å². The maximum absolute atomic E-state index is 11.1. The van der Waals surface area contributed by atoms with Crippen LogP contribution in [0, 0.1) is 0 Å². The number of rotatable bonds is 3. The number of hydrogen-bond donors (Lipinski definition) is 5. The van der Waals surface area contributed by atoms with Crippen molar-refractivity contribution in [3.8, 4) is 5.75 Å². The minimum Gasteiger partial charge on any atom is -0.479 e. The molecule has 1 aromatic heterocycles. The minimum absolute atomic E-state index is 0.224. The Bertz CT molecular complexity index is 733. The number of fused-ring (bicyclic) bond motifs is 1. The Labute approximate surface area is 134 Å². The second-order valence-electron chi connectivity index (χ2n) is 5.17. The molecule has 3 rings (SSSR count). The molecule has 1 aliphatic rings. The summed E-state index contributed by atoms with van der Waals surface area (Å²) in [7, 11) is 0. The lowest BCUT2D eigenvalue weighted by molar-refractivity contribution is -0.270. The smallest absolute Gasteiger partial charge is 0.335 e. The van der Waals surface area contributed by atoms with E-state index in [1.54, 1.807) is 18.2 Å². The molecule has 1 aliphatic heterocycles. The summed E-state index contributed by atoms with van der Waals surface area (Å²) in [4.78, 5) is 14.0. The molecule has 0 spiro atoms. The van der Waals surface area contributed by atoms with Gasteiger partial charge in [-0.05, 0) is 12.1 Å². The number of aromatic nitrogens is 1. The van der Waals surface area contributed by atoms with Gasteiger partial charge in [0, 0.05) is 6.20 Å². The van der Waals surface area contributed by atoms with E-state index in [1.807, 2.05) is 0 Å². The zero-order valence-electron chi connectivity index (χ0n) is 11.6. The molecule has 8 nitrogen and oxygen atoms in total. The Morgan fingerprint density at radius 3 is 2.65 bits per heavy atom. The lowest BCUT2D eigenvalue weighted by atomic mass is 9.99. The average Bonchev–Trinajstić information content (AvgIpc) is 2.92. The monoisotopic (exact) mass is 343 g/mol. The molecule has 0 bridgehead atoms. The number of halogens is 1. The molecule has 124 valence electrons. The maximum Gasteiger partial charge on any atom is 0.335 e. The van der Waals surface area contributed by atoms with Crippen LogP contribution in [0.4, 0.5) is 0 Å². The molecule has 5 N–H and O–H groups in total. The summed E-state index contributed by atoms with van der Waals surface area (Å²) in [6, 6.07) is 5.13. The molecule has 1 aromatic carbocycles. The Morgan fingerprint density at radius 1 is 1.22 bits per heavy atom. The summed E-state index contributed by atoms with van der Waals surface area (Å²) in [5, 5.41) is 39.3. The molecule has 1 fully saturated rings. The van der Waals surface area contributed by atoms with Crippen LogP contribution in [0.2, 0.25) is 5.02 Å². The summed E-state index contributed by atoms with van der Waals surface area (Å²) >= 11 is 6.10. The van der Waals surface area contributed by atoms with E-state index in [0.717, 1.165) is 0 Å². The van der Waals surface area contributed by atoms with E-state index < -0.39 is 36.7 Å². The predicted molar refractivity (Wildman–Crippen MR) is 78.3 cm³/mol. The van der Waals surface area contributed by atoms with Gasteiger partial charge in [-0.3, -0.25) is 0 Å². The van der Waals surface area contributed by atoms with Gasteiger partial charge in [-0.15, -0.1) is 0 Å². The van der Waals surface area contributed by atoms with Crippen molar-refractivity contribution < 1.29 is 34.7 Å². The highest BCUT2D eigenvalue weighted by Gasteiger charge is 2.48. The molecule has 5 atom stereocenters. The Morgan fingerprint density at radius 2 is 1.96 bits per heavy atom. The van der Waals surface area contributed by atoms with E-state index in [2.05, 4.69) is 4.98 Å². The van der Waals surface area contributed by atoms with E-state index in [1.165, 1.54) is 6.20 Å². The Balaban J connectivity index is 1.90. The first-order valence-electron chi connectivity index (χ1n) is 6.75. The van der Waals surface area contributed by atoms with Gasteiger partial charge in [-0.2, -0.15) is 0 Å². The van der Waals surface area contributed by atoms with E-state index in [9.17, 15) is 20.1 Å². The summed E-state index contributed by atoms with van der Waals surface area (Å²) in [5.74, 6) is -1.25. The normalized spacial score (nSPS) is 31.2. The van der Waals surface area contributed by atoms with Crippen LogP contribution < -0.4 is 4.74 Å². The summed E-state index contributed by atoms with van der Waals surface area (Å²) in [6.45, 7) is 0. The molecule has 0 saturated carbocycles. The minimum atomic E-state index is -1.77. The number of aliphatic carboxylic acids is 1. The standard InChI is InChI=1S/C14H14ClNO7/c15-5-2-1-3-6-8(5)7(4-16-6)22-14-11(19)9(17)10(18)12(23-14)13(20)21/h1-4,9-12,14,16-19H,(H,20,21)/t9-,10-,11+,12-,14+/m0/s1. The van der Waals surface area contributed by atoms with Gasteiger partial charge in [-0.25, -0.2) is 4.79 Å². The van der Waals surface area contributed by atoms with Crippen LogP contribution in [-0.2, 0) is 9.53 Å². The highest BCUT2D eigenvalue weighted by molar-refractivity contribution is 6.36. The van der Waals surface area contributed by atoms with E-state index in [0.29, 0.717) is 15.9 Å². The molecule has 0 radical (unpaired) electrons. The van der Waals surface area contributed by atoms with Crippen LogP contribution >= 0.6 is 11.6 Å². The van der Waals surface area contributed by atoms with Gasteiger partial charge in [-0.1, -0.05) is 17.7 Å². The molecule has 1 saturated heterocycles. The largest absolute Gasteiger partial charge is 0.479 e. The lowest BCUT2D eigenvalue weighted by Gasteiger charge is -2.38. The molecule has 9 heteroatoms. The van der Waals surface area contributed by atoms with Crippen LogP contribution in [0.3, 0.4) is 0 Å². The highest BCUT2D eigenvalue weighted by Crippen LogP contribution is 2.34. The number of nitrogens with one attached hydrogen (secondary N) is 1. The SMILES string of the molecule is O=C(O)[C@H]1O[C@@H](Oc2c[nH]c3cccc(Cl)c23)[C@H](O)[C@@H](O)[C@@H]1O. The van der Waals surface area contributed by atoms with E-state index in [-0.39, 0.29) is 5.75 Å². The fourth-order valence-electron chi connectivity index (χ4n) is 2.48. The molecule has 23 heavy (non-hydrogen) atoms. The summed E-state index contributed by atoms with van der Waals surface area (Å²) in [5.41, 5.74) is 0.674. The van der Waals surface area contributed by atoms with E-state index >= 15 is 0 Å². The summed E-state index contributed by atoms with van der Waals surface area (Å²) in [6.07, 6.45) is -6.86. The topological polar surface area (TPSA) is 132 Å². The predicted octanol–water partition coefficient (Wildman–Crippen LogP) is 0.0923. The summed E-state index contributed by atoms with van der Waals surface area (Å²) < 4.78 is 10.5. The number of benzene rings is 1. The fraction of sp³-hybridized carbons (Fsp3) is 0.357. The van der Waals surface area contributed by atoms with Gasteiger partial charge < -0.3 is 34.9 Å². The number of carboxylic acid groups (broad SMARTS) is 1. The van der Waals surface area contributed by atoms with Crippen LogP contribution in [0.5, 0.6) is 5.75 Å². The van der Waals surface area contributed by atoms with Crippen molar-refractivity contribution in [3.05, 3.63) is 29.4 Å². The van der Waals surface area contributed by atoms with Gasteiger partial charge in [0.2, 0.25) is 6.29 Å². The van der Waals surface area contributed by atoms with Gasteiger partial charge in [0.05, 0.1) is 15.9 Å². The van der Waals surface area contributed by atoms with Gasteiger partial charge in [0.1, 0.15) is 24.1 Å². The third kappa shape index (κ3) is 2.75. The van der Waals surface area contributed by atoms with Gasteiger partial charge in [0.15, 0.2) is 6.10 Å². The first-order chi connectivity index (χ1) is 10.9. The van der Waals surface area contributed by atoms with Crippen LogP contribution in [0.1, 0.15) is 0 Å². The van der Waals surface area contributed by atoms with Crippen molar-refractivity contribution in [2.45, 2.75) is 30.7 Å². The van der Waals surface area contributed by atoms with Crippen molar-refractivity contribution >= 4 is 28.5 Å². The van der Waals surface area contributed by atoms with Crippen LogP contribution in [0.15, 0.2) is 24.4 Å². The second-order valence-corrected chi connectivity index (χ2v) is 5.58. The zero-order chi connectivity index (χ0) is 16.7. The molecule has 0 aliphatic carbocycles. The lowest BCUT2D eigenvalue weighted by Crippen LogP contribution is -2.61. The zero-order valence-corrected chi connectivity index (χ0v) is 12.3. The molecule has 0 amide bonds. The number of aromatic amines is 1. The number of carboxylic acids is 1. The Kier molecular flexibility index (Phi) is 4.17. The molecule has 2 aromatic rings. The maximum atomic E-state index is 11.1. The van der Waals surface area contributed by atoms with Crippen LogP contribution in [0.25, 0.3) is 10.9 Å². The third-order valence-corrected chi connectivity index (χ3v) is 3.99. The molecular formula is C14H14ClNO7. The van der Waals surface area contributed by atoms with E-state index in [4.69, 9.17) is 26.2 Å². The number of H-pyrrole nitrogens is 1. The Hall–Kier alpha value is -1.84. The number of ether oxygens (including phenoxy) is 2. The van der Waals surface area contributed by atoms with Crippen molar-refractivity contribution in [2.24, 2.45) is 0 Å². The first kappa shape index (κ1) is 16.0. The first-order valence-corrected chi connectivity index (χ1v) is 7.12. The van der Waals surface area contributed by atoms with Gasteiger partial charge in [0.25, 0.3) is 0 Å². The quantitative estimate of drug-likeness (QED) is 0.533.